The van der Waals surface area contributed by atoms with Crippen molar-refractivity contribution in [3.63, 3.8) is 0 Å². The summed E-state index contributed by atoms with van der Waals surface area (Å²) in [6.45, 7) is 7.18. The maximum absolute atomic E-state index is 13.9. The van der Waals surface area contributed by atoms with Gasteiger partial charge in [-0.15, -0.1) is 0 Å². The van der Waals surface area contributed by atoms with Crippen molar-refractivity contribution in [2.45, 2.75) is 95.8 Å². The van der Waals surface area contributed by atoms with Gasteiger partial charge in [-0.25, -0.2) is 14.6 Å². The molecule has 0 saturated carbocycles. The second kappa shape index (κ2) is 11.9. The molecule has 0 aliphatic carbocycles. The van der Waals surface area contributed by atoms with Gasteiger partial charge in [0.2, 0.25) is 11.9 Å². The number of alkyl carbamates (subject to hydrolysis) is 1. The Morgan fingerprint density at radius 1 is 1.05 bits per heavy atom. The number of nitrogens with zero attached hydrogens (tertiary/aromatic N) is 2. The number of benzene rings is 2. The number of fused-ring (bicyclic) bond motifs is 2. The van der Waals surface area contributed by atoms with Crippen LogP contribution in [-0.2, 0) is 31.2 Å². The van der Waals surface area contributed by atoms with Crippen LogP contribution in [-0.4, -0.2) is 52.8 Å². The fraction of sp³-hybridized carbons (Fsp3) is 0.484. The van der Waals surface area contributed by atoms with Crippen LogP contribution in [0.15, 0.2) is 53.5 Å². The summed E-state index contributed by atoms with van der Waals surface area (Å²) < 4.78 is 16.8. The van der Waals surface area contributed by atoms with E-state index in [4.69, 9.17) is 30.8 Å². The minimum Gasteiger partial charge on any atom is -0.444 e. The van der Waals surface area contributed by atoms with Gasteiger partial charge < -0.3 is 14.2 Å². The maximum atomic E-state index is 13.9. The van der Waals surface area contributed by atoms with E-state index in [9.17, 15) is 14.4 Å². The largest absolute Gasteiger partial charge is 0.444 e. The predicted octanol–water partition coefficient (Wildman–Crippen LogP) is 6.13. The van der Waals surface area contributed by atoms with Crippen LogP contribution in [0, 0.1) is 0 Å². The third kappa shape index (κ3) is 6.87. The Balaban J connectivity index is 1.41. The molecule has 2 aromatic carbocycles. The summed E-state index contributed by atoms with van der Waals surface area (Å²) in [7, 11) is 0. The summed E-state index contributed by atoms with van der Waals surface area (Å²) in [6, 6.07) is 14.3. The van der Waals surface area contributed by atoms with E-state index < -0.39 is 23.3 Å². The molecule has 10 nitrogen and oxygen atoms in total. The fourth-order valence-corrected chi connectivity index (χ4v) is 6.17. The number of carbonyl (C=O) groups excluding carboxylic acids is 3. The van der Waals surface area contributed by atoms with E-state index in [1.54, 1.807) is 50.8 Å². The third-order valence-electron chi connectivity index (χ3n) is 7.62. The van der Waals surface area contributed by atoms with Crippen LogP contribution in [0.25, 0.3) is 0 Å². The zero-order chi connectivity index (χ0) is 30.1. The van der Waals surface area contributed by atoms with Gasteiger partial charge in [0.15, 0.2) is 0 Å². The molecule has 2 aromatic rings. The lowest BCUT2D eigenvalue weighted by atomic mass is 9.86. The first-order valence-corrected chi connectivity index (χ1v) is 14.6. The standard InChI is InChI=1S/C31H37ClN4O6/c1-30(2,3)42-29(39)34-27-35-31(4,17-25(37)36(27)20-15-21-13-14-22(16-20)41-21)23-11-8-12-24(26(23)32)33-28(38)40-18-19-9-6-5-7-10-19/h5-12,20-22H,13-18H2,1-4H3,(H,33,38)(H,34,35,39)/t20?,21?,22?,31-/m0/s1. The molecule has 3 amide bonds. The van der Waals surface area contributed by atoms with E-state index >= 15 is 0 Å². The minimum absolute atomic E-state index is 0.0147. The lowest BCUT2D eigenvalue weighted by molar-refractivity contribution is -0.134. The Morgan fingerprint density at radius 3 is 2.40 bits per heavy atom. The van der Waals surface area contributed by atoms with Crippen LogP contribution in [0.4, 0.5) is 15.3 Å². The molecule has 0 radical (unpaired) electrons. The van der Waals surface area contributed by atoms with Crippen LogP contribution in [0.5, 0.6) is 0 Å². The second-order valence-electron chi connectivity index (χ2n) is 12.2. The van der Waals surface area contributed by atoms with E-state index in [2.05, 4.69) is 10.6 Å². The Bertz CT molecular complexity index is 1370. The Morgan fingerprint density at radius 2 is 1.74 bits per heavy atom. The molecule has 3 heterocycles. The summed E-state index contributed by atoms with van der Waals surface area (Å²) in [5, 5.41) is 5.67. The highest BCUT2D eigenvalue weighted by molar-refractivity contribution is 6.34. The molecule has 2 unspecified atom stereocenters. The van der Waals surface area contributed by atoms with Crippen LogP contribution >= 0.6 is 11.6 Å². The third-order valence-corrected chi connectivity index (χ3v) is 8.02. The number of aliphatic imine (C=N–C) groups is 1. The summed E-state index contributed by atoms with van der Waals surface area (Å²) >= 11 is 6.82. The molecule has 0 spiro atoms. The number of guanidine groups is 1. The summed E-state index contributed by atoms with van der Waals surface area (Å²) in [5.74, 6) is -0.0763. The van der Waals surface area contributed by atoms with Gasteiger partial charge in [0.25, 0.3) is 0 Å². The van der Waals surface area contributed by atoms with E-state index in [1.807, 2.05) is 30.3 Å². The minimum atomic E-state index is -1.13. The number of anilines is 1. The topological polar surface area (TPSA) is 119 Å². The van der Waals surface area contributed by atoms with Crippen LogP contribution in [0.3, 0.4) is 0 Å². The normalized spacial score (nSPS) is 25.5. The highest BCUT2D eigenvalue weighted by Gasteiger charge is 2.46. The van der Waals surface area contributed by atoms with Crippen molar-refractivity contribution in [1.29, 1.82) is 0 Å². The molecule has 11 heteroatoms. The number of hydrogen-bond donors (Lipinski definition) is 2. The van der Waals surface area contributed by atoms with Crippen molar-refractivity contribution in [2.24, 2.45) is 4.99 Å². The molecule has 2 bridgehead atoms. The van der Waals surface area contributed by atoms with Gasteiger partial charge in [0.05, 0.1) is 34.9 Å². The van der Waals surface area contributed by atoms with E-state index in [0.717, 1.165) is 18.4 Å². The Hall–Kier alpha value is -3.63. The van der Waals surface area contributed by atoms with Crippen molar-refractivity contribution < 1.29 is 28.6 Å². The lowest BCUT2D eigenvalue weighted by Gasteiger charge is -2.43. The molecular formula is C31H37ClN4O6. The molecule has 224 valence electrons. The first-order chi connectivity index (χ1) is 19.9. The van der Waals surface area contributed by atoms with E-state index in [1.165, 1.54) is 0 Å². The lowest BCUT2D eigenvalue weighted by Crippen LogP contribution is -2.58. The quantitative estimate of drug-likeness (QED) is 0.429. The molecule has 2 fully saturated rings. The molecule has 3 aliphatic heterocycles. The average molecular weight is 597 g/mol. The number of nitrogens with one attached hydrogen (secondary N) is 2. The SMILES string of the molecule is CC(C)(C)OC(=O)NC1=N[C@](C)(c2cccc(NC(=O)OCc3ccccc3)c2Cl)CC(=O)N1C1CC2CCC(C1)O2. The molecule has 3 atom stereocenters. The molecule has 0 aromatic heterocycles. The van der Waals surface area contributed by atoms with Gasteiger partial charge in [-0.3, -0.25) is 20.3 Å². The maximum Gasteiger partial charge on any atom is 0.414 e. The smallest absolute Gasteiger partial charge is 0.414 e. The van der Waals surface area contributed by atoms with Crippen LogP contribution < -0.4 is 10.6 Å². The number of rotatable bonds is 5. The molecule has 5 rings (SSSR count). The summed E-state index contributed by atoms with van der Waals surface area (Å²) in [5.41, 5.74) is -0.185. The summed E-state index contributed by atoms with van der Waals surface area (Å²) in [4.78, 5) is 45.9. The molecule has 2 N–H and O–H groups in total. The molecule has 3 aliphatic rings. The van der Waals surface area contributed by atoms with Crippen molar-refractivity contribution in [3.8, 4) is 0 Å². The fourth-order valence-electron chi connectivity index (χ4n) is 5.79. The van der Waals surface area contributed by atoms with Crippen molar-refractivity contribution in [1.82, 2.24) is 10.2 Å². The highest BCUT2D eigenvalue weighted by atomic mass is 35.5. The van der Waals surface area contributed by atoms with E-state index in [0.29, 0.717) is 24.1 Å². The second-order valence-corrected chi connectivity index (χ2v) is 12.6. The van der Waals surface area contributed by atoms with Crippen molar-refractivity contribution in [3.05, 3.63) is 64.7 Å². The van der Waals surface area contributed by atoms with Gasteiger partial charge in [-0.2, -0.15) is 0 Å². The Kier molecular flexibility index (Phi) is 8.48. The summed E-state index contributed by atoms with van der Waals surface area (Å²) in [6.07, 6.45) is 2.04. The average Bonchev–Trinajstić information content (AvgIpc) is 3.25. The first-order valence-electron chi connectivity index (χ1n) is 14.2. The number of halogens is 1. The Labute approximate surface area is 250 Å². The van der Waals surface area contributed by atoms with Crippen molar-refractivity contribution >= 4 is 41.3 Å². The number of ether oxygens (including phenoxy) is 3. The van der Waals surface area contributed by atoms with Crippen LogP contribution in [0.2, 0.25) is 5.02 Å². The monoisotopic (exact) mass is 596 g/mol. The molecule has 42 heavy (non-hydrogen) atoms. The number of carbonyl (C=O) groups is 3. The van der Waals surface area contributed by atoms with Gasteiger partial charge >= 0.3 is 12.2 Å². The molecule has 2 saturated heterocycles. The zero-order valence-electron chi connectivity index (χ0n) is 24.3. The van der Waals surface area contributed by atoms with Gasteiger partial charge in [0.1, 0.15) is 12.2 Å². The predicted molar refractivity (Wildman–Crippen MR) is 158 cm³/mol. The van der Waals surface area contributed by atoms with Gasteiger partial charge in [0, 0.05) is 11.6 Å². The van der Waals surface area contributed by atoms with E-state index in [-0.39, 0.29) is 48.2 Å². The molecular weight excluding hydrogens is 560 g/mol. The number of amides is 3. The van der Waals surface area contributed by atoms with Crippen molar-refractivity contribution in [2.75, 3.05) is 5.32 Å². The van der Waals surface area contributed by atoms with Gasteiger partial charge in [-0.1, -0.05) is 54.1 Å². The van der Waals surface area contributed by atoms with Gasteiger partial charge in [-0.05, 0) is 65.0 Å². The van der Waals surface area contributed by atoms with Crippen LogP contribution in [0.1, 0.15) is 70.9 Å². The number of hydrogen-bond acceptors (Lipinski definition) is 7. The highest BCUT2D eigenvalue weighted by Crippen LogP contribution is 2.42. The zero-order valence-corrected chi connectivity index (χ0v) is 25.1. The first kappa shape index (κ1) is 29.8.